The Labute approximate surface area is 104 Å². The standard InChI is InChI=1S/C12H17F3N2O/c1-2-9(5-6-18)17-11-4-3-8(7-10(11)16)12(13,14)15/h3-4,7,9,17-18H,2,5-6,16H2,1H3. The lowest BCUT2D eigenvalue weighted by atomic mass is 10.1. The highest BCUT2D eigenvalue weighted by Gasteiger charge is 2.30. The molecule has 0 bridgehead atoms. The van der Waals surface area contributed by atoms with Crippen molar-refractivity contribution in [3.63, 3.8) is 0 Å². The van der Waals surface area contributed by atoms with Gasteiger partial charge < -0.3 is 16.2 Å². The summed E-state index contributed by atoms with van der Waals surface area (Å²) in [6.07, 6.45) is -3.11. The average molecular weight is 262 g/mol. The van der Waals surface area contributed by atoms with Gasteiger partial charge in [-0.2, -0.15) is 13.2 Å². The fraction of sp³-hybridized carbons (Fsp3) is 0.500. The molecule has 1 aromatic carbocycles. The molecule has 1 unspecified atom stereocenters. The lowest BCUT2D eigenvalue weighted by Gasteiger charge is -2.19. The molecule has 0 amide bonds. The van der Waals surface area contributed by atoms with Gasteiger partial charge in [0.2, 0.25) is 0 Å². The van der Waals surface area contributed by atoms with E-state index in [-0.39, 0.29) is 18.3 Å². The van der Waals surface area contributed by atoms with E-state index in [1.807, 2.05) is 6.92 Å². The summed E-state index contributed by atoms with van der Waals surface area (Å²) in [6.45, 7) is 1.94. The van der Waals surface area contributed by atoms with E-state index in [0.29, 0.717) is 12.1 Å². The smallest absolute Gasteiger partial charge is 0.397 e. The van der Waals surface area contributed by atoms with Gasteiger partial charge in [0.15, 0.2) is 0 Å². The van der Waals surface area contributed by atoms with Crippen molar-refractivity contribution in [2.75, 3.05) is 17.7 Å². The first-order valence-electron chi connectivity index (χ1n) is 5.72. The van der Waals surface area contributed by atoms with Crippen LogP contribution >= 0.6 is 0 Å². The predicted octanol–water partition coefficient (Wildman–Crippen LogP) is 2.86. The zero-order valence-electron chi connectivity index (χ0n) is 10.1. The summed E-state index contributed by atoms with van der Waals surface area (Å²) in [6, 6.07) is 3.21. The van der Waals surface area contributed by atoms with Crippen LogP contribution in [0.1, 0.15) is 25.3 Å². The van der Waals surface area contributed by atoms with Crippen molar-refractivity contribution >= 4 is 11.4 Å². The lowest BCUT2D eigenvalue weighted by Crippen LogP contribution is -2.20. The van der Waals surface area contributed by atoms with Crippen LogP contribution in [-0.2, 0) is 6.18 Å². The van der Waals surface area contributed by atoms with E-state index < -0.39 is 11.7 Å². The number of aliphatic hydroxyl groups excluding tert-OH is 1. The van der Waals surface area contributed by atoms with E-state index in [2.05, 4.69) is 5.32 Å². The topological polar surface area (TPSA) is 58.3 Å². The summed E-state index contributed by atoms with van der Waals surface area (Å²) in [5, 5.41) is 11.9. The number of rotatable bonds is 5. The van der Waals surface area contributed by atoms with Gasteiger partial charge in [-0.3, -0.25) is 0 Å². The number of hydrogen-bond donors (Lipinski definition) is 3. The van der Waals surface area contributed by atoms with Crippen LogP contribution in [0, 0.1) is 0 Å². The number of halogens is 3. The SMILES string of the molecule is CCC(CCO)Nc1ccc(C(F)(F)F)cc1N. The molecule has 102 valence electrons. The molecular weight excluding hydrogens is 245 g/mol. The first-order valence-corrected chi connectivity index (χ1v) is 5.72. The van der Waals surface area contributed by atoms with E-state index in [9.17, 15) is 13.2 Å². The molecule has 0 aliphatic heterocycles. The van der Waals surface area contributed by atoms with E-state index in [0.717, 1.165) is 18.6 Å². The number of nitrogen functional groups attached to an aromatic ring is 1. The molecule has 1 aromatic rings. The van der Waals surface area contributed by atoms with E-state index in [1.165, 1.54) is 6.07 Å². The van der Waals surface area contributed by atoms with Gasteiger partial charge >= 0.3 is 6.18 Å². The van der Waals surface area contributed by atoms with Gasteiger partial charge in [0.25, 0.3) is 0 Å². The molecule has 6 heteroatoms. The molecule has 0 saturated heterocycles. The Morgan fingerprint density at radius 2 is 2.06 bits per heavy atom. The van der Waals surface area contributed by atoms with Crippen LogP contribution < -0.4 is 11.1 Å². The Kier molecular flexibility index (Phi) is 4.84. The summed E-state index contributed by atoms with van der Waals surface area (Å²) in [5.41, 5.74) is 5.35. The van der Waals surface area contributed by atoms with E-state index in [1.54, 1.807) is 0 Å². The molecular formula is C12H17F3N2O. The molecule has 0 fully saturated rings. The van der Waals surface area contributed by atoms with E-state index in [4.69, 9.17) is 10.8 Å². The third-order valence-electron chi connectivity index (χ3n) is 2.71. The Morgan fingerprint density at radius 1 is 1.39 bits per heavy atom. The van der Waals surface area contributed by atoms with Gasteiger partial charge in [-0.1, -0.05) is 6.92 Å². The predicted molar refractivity (Wildman–Crippen MR) is 65.3 cm³/mol. The van der Waals surface area contributed by atoms with Crippen molar-refractivity contribution in [2.45, 2.75) is 32.0 Å². The monoisotopic (exact) mass is 262 g/mol. The molecule has 4 N–H and O–H groups in total. The minimum absolute atomic E-state index is 0.00552. The number of nitrogens with two attached hydrogens (primary N) is 1. The summed E-state index contributed by atoms with van der Waals surface area (Å²) < 4.78 is 37.3. The van der Waals surface area contributed by atoms with Crippen molar-refractivity contribution in [3.05, 3.63) is 23.8 Å². The Morgan fingerprint density at radius 3 is 2.50 bits per heavy atom. The molecule has 18 heavy (non-hydrogen) atoms. The quantitative estimate of drug-likeness (QED) is 0.715. The van der Waals surface area contributed by atoms with Crippen LogP contribution in [0.2, 0.25) is 0 Å². The van der Waals surface area contributed by atoms with Crippen molar-refractivity contribution < 1.29 is 18.3 Å². The summed E-state index contributed by atoms with van der Waals surface area (Å²) in [7, 11) is 0. The molecule has 0 aliphatic carbocycles. The van der Waals surface area contributed by atoms with Gasteiger partial charge in [-0.15, -0.1) is 0 Å². The fourth-order valence-electron chi connectivity index (χ4n) is 1.62. The van der Waals surface area contributed by atoms with Crippen LogP contribution in [0.4, 0.5) is 24.5 Å². The highest BCUT2D eigenvalue weighted by atomic mass is 19.4. The number of aliphatic hydroxyl groups is 1. The molecule has 0 heterocycles. The van der Waals surface area contributed by atoms with Gasteiger partial charge in [0, 0.05) is 12.6 Å². The zero-order valence-corrected chi connectivity index (χ0v) is 10.1. The second-order valence-corrected chi connectivity index (χ2v) is 4.06. The Bertz CT molecular complexity index is 393. The highest BCUT2D eigenvalue weighted by molar-refractivity contribution is 5.67. The van der Waals surface area contributed by atoms with Crippen LogP contribution in [0.5, 0.6) is 0 Å². The number of anilines is 2. The average Bonchev–Trinajstić information content (AvgIpc) is 2.29. The summed E-state index contributed by atoms with van der Waals surface area (Å²) in [5.74, 6) is 0. The van der Waals surface area contributed by atoms with Crippen molar-refractivity contribution in [1.82, 2.24) is 0 Å². The van der Waals surface area contributed by atoms with E-state index >= 15 is 0 Å². The summed E-state index contributed by atoms with van der Waals surface area (Å²) in [4.78, 5) is 0. The number of nitrogens with one attached hydrogen (secondary N) is 1. The number of alkyl halides is 3. The maximum absolute atomic E-state index is 12.4. The molecule has 0 aromatic heterocycles. The molecule has 3 nitrogen and oxygen atoms in total. The summed E-state index contributed by atoms with van der Waals surface area (Å²) >= 11 is 0. The van der Waals surface area contributed by atoms with Crippen LogP contribution in [-0.4, -0.2) is 17.8 Å². The molecule has 1 atom stereocenters. The van der Waals surface area contributed by atoms with Crippen LogP contribution in [0.15, 0.2) is 18.2 Å². The second-order valence-electron chi connectivity index (χ2n) is 4.06. The molecule has 0 radical (unpaired) electrons. The first kappa shape index (κ1) is 14.6. The van der Waals surface area contributed by atoms with Gasteiger partial charge in [0.05, 0.1) is 16.9 Å². The third kappa shape index (κ3) is 3.80. The van der Waals surface area contributed by atoms with Gasteiger partial charge in [-0.25, -0.2) is 0 Å². The molecule has 0 spiro atoms. The highest BCUT2D eigenvalue weighted by Crippen LogP contribution is 2.33. The molecule has 0 aliphatic rings. The molecule has 0 saturated carbocycles. The Balaban J connectivity index is 2.85. The number of benzene rings is 1. The number of hydrogen-bond acceptors (Lipinski definition) is 3. The van der Waals surface area contributed by atoms with Crippen molar-refractivity contribution in [1.29, 1.82) is 0 Å². The van der Waals surface area contributed by atoms with Gasteiger partial charge in [0.1, 0.15) is 0 Å². The lowest BCUT2D eigenvalue weighted by molar-refractivity contribution is -0.137. The van der Waals surface area contributed by atoms with Crippen LogP contribution in [0.3, 0.4) is 0 Å². The maximum Gasteiger partial charge on any atom is 0.416 e. The normalized spacial score (nSPS) is 13.4. The minimum atomic E-state index is -4.39. The zero-order chi connectivity index (χ0) is 13.8. The Hall–Kier alpha value is -1.43. The van der Waals surface area contributed by atoms with Crippen LogP contribution in [0.25, 0.3) is 0 Å². The maximum atomic E-state index is 12.4. The fourth-order valence-corrected chi connectivity index (χ4v) is 1.62. The molecule has 1 rings (SSSR count). The van der Waals surface area contributed by atoms with Crippen molar-refractivity contribution in [2.24, 2.45) is 0 Å². The van der Waals surface area contributed by atoms with Crippen molar-refractivity contribution in [3.8, 4) is 0 Å². The minimum Gasteiger partial charge on any atom is -0.397 e. The first-order chi connectivity index (χ1) is 8.38. The third-order valence-corrected chi connectivity index (χ3v) is 2.71. The van der Waals surface area contributed by atoms with Gasteiger partial charge in [-0.05, 0) is 31.0 Å². The second kappa shape index (κ2) is 5.95. The largest absolute Gasteiger partial charge is 0.416 e.